The molecule has 1 aromatic rings. The summed E-state index contributed by atoms with van der Waals surface area (Å²) in [7, 11) is 0. The molecule has 1 fully saturated rings. The van der Waals surface area contributed by atoms with Gasteiger partial charge in [-0.3, -0.25) is 0 Å². The van der Waals surface area contributed by atoms with E-state index >= 15 is 0 Å². The topological polar surface area (TPSA) is 70.0 Å². The quantitative estimate of drug-likeness (QED) is 0.864. The molecule has 0 atom stereocenters. The number of likely N-dealkylation sites (tertiary alicyclic amines) is 1. The van der Waals surface area contributed by atoms with Crippen LogP contribution in [0.3, 0.4) is 0 Å². The van der Waals surface area contributed by atoms with Gasteiger partial charge in [0.2, 0.25) is 0 Å². The fourth-order valence-corrected chi connectivity index (χ4v) is 2.48. The molecule has 0 aromatic heterocycles. The average molecular weight is 279 g/mol. The van der Waals surface area contributed by atoms with Gasteiger partial charge in [-0.15, -0.1) is 0 Å². The number of carboxylic acid groups (broad SMARTS) is 1. The first kappa shape index (κ1) is 14.8. The van der Waals surface area contributed by atoms with E-state index in [1.807, 2.05) is 30.3 Å². The second kappa shape index (κ2) is 6.72. The first-order valence-corrected chi connectivity index (χ1v) is 6.86. The van der Waals surface area contributed by atoms with E-state index in [4.69, 9.17) is 9.84 Å². The van der Waals surface area contributed by atoms with Crippen LogP contribution < -0.4 is 0 Å². The molecule has 0 radical (unpaired) electrons. The minimum Gasteiger partial charge on any atom is -0.465 e. The lowest BCUT2D eigenvalue weighted by Gasteiger charge is -2.39. The van der Waals surface area contributed by atoms with Gasteiger partial charge in [0.25, 0.3) is 0 Å². The summed E-state index contributed by atoms with van der Waals surface area (Å²) in [5.74, 6) is 0. The summed E-state index contributed by atoms with van der Waals surface area (Å²) in [5, 5.41) is 18.6. The number of benzene rings is 1. The normalized spacial score (nSPS) is 17.9. The third kappa shape index (κ3) is 3.71. The number of amides is 1. The third-order valence-electron chi connectivity index (χ3n) is 3.95. The number of nitrogens with zero attached hydrogens (tertiary/aromatic N) is 1. The van der Waals surface area contributed by atoms with Crippen LogP contribution in [0.15, 0.2) is 30.3 Å². The molecule has 2 N–H and O–H groups in total. The molecule has 5 heteroatoms. The van der Waals surface area contributed by atoms with Crippen molar-refractivity contribution in [3.63, 3.8) is 0 Å². The monoisotopic (exact) mass is 279 g/mol. The molecule has 1 aromatic carbocycles. The van der Waals surface area contributed by atoms with Gasteiger partial charge in [0, 0.05) is 18.5 Å². The second-order valence-electron chi connectivity index (χ2n) is 5.41. The molecule has 0 aliphatic carbocycles. The molecular weight excluding hydrogens is 258 g/mol. The van der Waals surface area contributed by atoms with Crippen molar-refractivity contribution < 1.29 is 19.7 Å². The van der Waals surface area contributed by atoms with Crippen molar-refractivity contribution in [3.05, 3.63) is 35.9 Å². The van der Waals surface area contributed by atoms with Gasteiger partial charge in [-0.2, -0.15) is 0 Å². The highest BCUT2D eigenvalue weighted by atomic mass is 16.5. The smallest absolute Gasteiger partial charge is 0.407 e. The SMILES string of the molecule is O=C(O)N1CCC(CO)(COCc2ccccc2)CC1. The Kier molecular flexibility index (Phi) is 4.98. The highest BCUT2D eigenvalue weighted by molar-refractivity contribution is 5.65. The molecule has 1 amide bonds. The Hall–Kier alpha value is -1.59. The van der Waals surface area contributed by atoms with E-state index in [1.165, 1.54) is 4.90 Å². The summed E-state index contributed by atoms with van der Waals surface area (Å²) in [6.45, 7) is 1.95. The molecule has 5 nitrogen and oxygen atoms in total. The zero-order valence-electron chi connectivity index (χ0n) is 11.5. The molecule has 0 spiro atoms. The van der Waals surface area contributed by atoms with Crippen molar-refractivity contribution in [1.29, 1.82) is 0 Å². The summed E-state index contributed by atoms with van der Waals surface area (Å²) < 4.78 is 5.72. The van der Waals surface area contributed by atoms with Crippen molar-refractivity contribution in [2.75, 3.05) is 26.3 Å². The summed E-state index contributed by atoms with van der Waals surface area (Å²) >= 11 is 0. The predicted octanol–water partition coefficient (Wildman–Crippen LogP) is 1.96. The van der Waals surface area contributed by atoms with Crippen LogP contribution in [0.4, 0.5) is 4.79 Å². The van der Waals surface area contributed by atoms with Gasteiger partial charge in [0.05, 0.1) is 19.8 Å². The van der Waals surface area contributed by atoms with Gasteiger partial charge >= 0.3 is 6.09 Å². The van der Waals surface area contributed by atoms with Crippen molar-refractivity contribution >= 4 is 6.09 Å². The third-order valence-corrected chi connectivity index (χ3v) is 3.95. The molecule has 20 heavy (non-hydrogen) atoms. The molecule has 0 unspecified atom stereocenters. The van der Waals surface area contributed by atoms with E-state index in [9.17, 15) is 9.90 Å². The maximum atomic E-state index is 10.9. The van der Waals surface area contributed by atoms with Crippen LogP contribution in [0.1, 0.15) is 18.4 Å². The van der Waals surface area contributed by atoms with E-state index in [0.717, 1.165) is 5.56 Å². The first-order chi connectivity index (χ1) is 9.65. The van der Waals surface area contributed by atoms with Crippen LogP contribution in [0, 0.1) is 5.41 Å². The number of piperidine rings is 1. The average Bonchev–Trinajstić information content (AvgIpc) is 2.49. The Morgan fingerprint density at radius 3 is 2.45 bits per heavy atom. The van der Waals surface area contributed by atoms with Gasteiger partial charge in [-0.1, -0.05) is 30.3 Å². The molecule has 1 aliphatic rings. The summed E-state index contributed by atoms with van der Waals surface area (Å²) in [4.78, 5) is 12.3. The zero-order chi connectivity index (χ0) is 14.4. The Bertz CT molecular complexity index is 427. The van der Waals surface area contributed by atoms with Crippen molar-refractivity contribution in [1.82, 2.24) is 4.90 Å². The minimum atomic E-state index is -0.887. The highest BCUT2D eigenvalue weighted by Gasteiger charge is 2.35. The molecule has 1 saturated heterocycles. The van der Waals surface area contributed by atoms with Crippen molar-refractivity contribution in [2.24, 2.45) is 5.41 Å². The van der Waals surface area contributed by atoms with Crippen LogP contribution in [-0.4, -0.2) is 47.5 Å². The number of aliphatic hydroxyl groups is 1. The maximum Gasteiger partial charge on any atom is 0.407 e. The molecule has 0 bridgehead atoms. The number of carbonyl (C=O) groups is 1. The second-order valence-corrected chi connectivity index (χ2v) is 5.41. The van der Waals surface area contributed by atoms with Crippen LogP contribution in [-0.2, 0) is 11.3 Å². The molecule has 1 aliphatic heterocycles. The molecule has 110 valence electrons. The fraction of sp³-hybridized carbons (Fsp3) is 0.533. The fourth-order valence-electron chi connectivity index (χ4n) is 2.48. The number of ether oxygens (including phenoxy) is 1. The minimum absolute atomic E-state index is 0.0370. The zero-order valence-corrected chi connectivity index (χ0v) is 11.5. The van der Waals surface area contributed by atoms with Crippen LogP contribution in [0.25, 0.3) is 0 Å². The molecule has 0 saturated carbocycles. The Labute approximate surface area is 118 Å². The van der Waals surface area contributed by atoms with Gasteiger partial charge in [0.15, 0.2) is 0 Å². The van der Waals surface area contributed by atoms with Gasteiger partial charge in [-0.25, -0.2) is 4.79 Å². The first-order valence-electron chi connectivity index (χ1n) is 6.86. The van der Waals surface area contributed by atoms with Gasteiger partial charge in [-0.05, 0) is 18.4 Å². The standard InChI is InChI=1S/C15H21NO4/c17-11-15(6-8-16(9-7-15)14(18)19)12-20-10-13-4-2-1-3-5-13/h1-5,17H,6-12H2,(H,18,19). The summed E-state index contributed by atoms with van der Waals surface area (Å²) in [6, 6.07) is 9.88. The van der Waals surface area contributed by atoms with Crippen molar-refractivity contribution in [3.8, 4) is 0 Å². The summed E-state index contributed by atoms with van der Waals surface area (Å²) in [5.41, 5.74) is 0.796. The lowest BCUT2D eigenvalue weighted by molar-refractivity contribution is -0.0349. The van der Waals surface area contributed by atoms with E-state index in [0.29, 0.717) is 39.1 Å². The number of aliphatic hydroxyl groups excluding tert-OH is 1. The van der Waals surface area contributed by atoms with Gasteiger partial charge in [0.1, 0.15) is 0 Å². The lowest BCUT2D eigenvalue weighted by Crippen LogP contribution is -2.46. The Morgan fingerprint density at radius 2 is 1.90 bits per heavy atom. The van der Waals surface area contributed by atoms with Crippen LogP contribution >= 0.6 is 0 Å². The number of hydrogen-bond donors (Lipinski definition) is 2. The highest BCUT2D eigenvalue weighted by Crippen LogP contribution is 2.31. The predicted molar refractivity (Wildman–Crippen MR) is 74.4 cm³/mol. The maximum absolute atomic E-state index is 10.9. The van der Waals surface area contributed by atoms with E-state index in [-0.39, 0.29) is 12.0 Å². The Balaban J connectivity index is 1.82. The van der Waals surface area contributed by atoms with E-state index in [2.05, 4.69) is 0 Å². The van der Waals surface area contributed by atoms with Crippen molar-refractivity contribution in [2.45, 2.75) is 19.4 Å². The molecule has 1 heterocycles. The largest absolute Gasteiger partial charge is 0.465 e. The Morgan fingerprint density at radius 1 is 1.25 bits per heavy atom. The van der Waals surface area contributed by atoms with Gasteiger partial charge < -0.3 is 19.8 Å². The molecular formula is C15H21NO4. The number of hydrogen-bond acceptors (Lipinski definition) is 3. The lowest BCUT2D eigenvalue weighted by atomic mass is 9.80. The van der Waals surface area contributed by atoms with E-state index < -0.39 is 6.09 Å². The summed E-state index contributed by atoms with van der Waals surface area (Å²) in [6.07, 6.45) is 0.400. The van der Waals surface area contributed by atoms with Crippen LogP contribution in [0.5, 0.6) is 0 Å². The number of rotatable bonds is 5. The van der Waals surface area contributed by atoms with Crippen LogP contribution in [0.2, 0.25) is 0 Å². The molecule has 2 rings (SSSR count). The van der Waals surface area contributed by atoms with E-state index in [1.54, 1.807) is 0 Å².